The highest BCUT2D eigenvalue weighted by atomic mass is 127. The fourth-order valence-electron chi connectivity index (χ4n) is 1.84. The number of hydrogen-bond donors (Lipinski definition) is 0. The number of ether oxygens (including phenoxy) is 1. The van der Waals surface area contributed by atoms with Gasteiger partial charge in [0.15, 0.2) is 0 Å². The molecule has 1 fully saturated rings. The van der Waals surface area contributed by atoms with Crippen molar-refractivity contribution in [3.63, 3.8) is 0 Å². The quantitative estimate of drug-likeness (QED) is 0.749. The van der Waals surface area contributed by atoms with Crippen molar-refractivity contribution < 1.29 is 4.74 Å². The predicted octanol–water partition coefficient (Wildman–Crippen LogP) is 3.57. The van der Waals surface area contributed by atoms with Gasteiger partial charge in [-0.15, -0.1) is 11.3 Å². The SMILES string of the molecule is Ic1cc2ncnc(OC3CCSCC3)c2s1. The Labute approximate surface area is 122 Å². The third-order valence-electron chi connectivity index (χ3n) is 2.70. The average Bonchev–Trinajstić information content (AvgIpc) is 2.72. The third-order valence-corrected chi connectivity index (χ3v) is 5.62. The summed E-state index contributed by atoms with van der Waals surface area (Å²) in [6.07, 6.45) is 4.17. The van der Waals surface area contributed by atoms with Gasteiger partial charge in [-0.1, -0.05) is 0 Å². The molecule has 3 nitrogen and oxygen atoms in total. The molecule has 1 aliphatic rings. The molecule has 0 aliphatic carbocycles. The zero-order chi connectivity index (χ0) is 11.7. The number of aromatic nitrogens is 2. The molecule has 17 heavy (non-hydrogen) atoms. The molecule has 6 heteroatoms. The van der Waals surface area contributed by atoms with E-state index in [9.17, 15) is 0 Å². The molecule has 0 unspecified atom stereocenters. The number of nitrogens with zero attached hydrogens (tertiary/aromatic N) is 2. The molecule has 2 aromatic heterocycles. The summed E-state index contributed by atoms with van der Waals surface area (Å²) in [5.74, 6) is 3.15. The summed E-state index contributed by atoms with van der Waals surface area (Å²) < 4.78 is 8.33. The van der Waals surface area contributed by atoms with Gasteiger partial charge in [-0.25, -0.2) is 9.97 Å². The first-order chi connectivity index (χ1) is 8.33. The highest BCUT2D eigenvalue weighted by Crippen LogP contribution is 2.32. The zero-order valence-corrected chi connectivity index (χ0v) is 12.8. The second-order valence-electron chi connectivity index (χ2n) is 3.87. The summed E-state index contributed by atoms with van der Waals surface area (Å²) in [5, 5.41) is 0. The second kappa shape index (κ2) is 5.27. The molecule has 0 atom stereocenters. The van der Waals surface area contributed by atoms with Crippen molar-refractivity contribution in [2.45, 2.75) is 18.9 Å². The largest absolute Gasteiger partial charge is 0.473 e. The van der Waals surface area contributed by atoms with Crippen LogP contribution in [0.2, 0.25) is 0 Å². The maximum atomic E-state index is 6.02. The van der Waals surface area contributed by atoms with Crippen molar-refractivity contribution in [2.75, 3.05) is 11.5 Å². The Balaban J connectivity index is 1.88. The van der Waals surface area contributed by atoms with E-state index in [-0.39, 0.29) is 0 Å². The number of halogens is 1. The molecule has 1 saturated heterocycles. The Bertz CT molecular complexity index is 525. The van der Waals surface area contributed by atoms with E-state index in [1.807, 2.05) is 11.8 Å². The summed E-state index contributed by atoms with van der Waals surface area (Å²) in [7, 11) is 0. The lowest BCUT2D eigenvalue weighted by atomic mass is 10.2. The first-order valence-electron chi connectivity index (χ1n) is 5.47. The number of rotatable bonds is 2. The molecule has 0 N–H and O–H groups in total. The lowest BCUT2D eigenvalue weighted by Gasteiger charge is -2.22. The smallest absolute Gasteiger partial charge is 0.235 e. The fourth-order valence-corrected chi connectivity index (χ4v) is 4.63. The molecule has 3 heterocycles. The summed E-state index contributed by atoms with van der Waals surface area (Å²) >= 11 is 6.02. The van der Waals surface area contributed by atoms with Crippen LogP contribution in [0.1, 0.15) is 12.8 Å². The number of fused-ring (bicyclic) bond motifs is 1. The number of thioether (sulfide) groups is 1. The van der Waals surface area contributed by atoms with E-state index < -0.39 is 0 Å². The van der Waals surface area contributed by atoms with Crippen LogP contribution in [0.4, 0.5) is 0 Å². The molecule has 0 radical (unpaired) electrons. The summed E-state index contributed by atoms with van der Waals surface area (Å²) in [4.78, 5) is 8.55. The highest BCUT2D eigenvalue weighted by molar-refractivity contribution is 14.1. The summed E-state index contributed by atoms with van der Waals surface area (Å²) in [6.45, 7) is 0. The Morgan fingerprint density at radius 1 is 1.29 bits per heavy atom. The van der Waals surface area contributed by atoms with Crippen LogP contribution in [0.5, 0.6) is 5.88 Å². The lowest BCUT2D eigenvalue weighted by Crippen LogP contribution is -2.22. The van der Waals surface area contributed by atoms with Gasteiger partial charge in [-0.2, -0.15) is 11.8 Å². The van der Waals surface area contributed by atoms with E-state index in [4.69, 9.17) is 4.74 Å². The first-order valence-corrected chi connectivity index (χ1v) is 8.52. The molecule has 0 spiro atoms. The van der Waals surface area contributed by atoms with Crippen LogP contribution in [0, 0.1) is 2.88 Å². The van der Waals surface area contributed by atoms with Gasteiger partial charge < -0.3 is 4.74 Å². The van der Waals surface area contributed by atoms with Gasteiger partial charge in [-0.3, -0.25) is 0 Å². The van der Waals surface area contributed by atoms with Crippen molar-refractivity contribution >= 4 is 55.9 Å². The number of thiophene rings is 1. The first kappa shape index (κ1) is 12.0. The van der Waals surface area contributed by atoms with Crippen LogP contribution in [0.3, 0.4) is 0 Å². The second-order valence-corrected chi connectivity index (χ2v) is 8.04. The minimum atomic E-state index is 0.328. The zero-order valence-electron chi connectivity index (χ0n) is 9.06. The Kier molecular flexibility index (Phi) is 3.72. The van der Waals surface area contributed by atoms with Crippen molar-refractivity contribution in [1.29, 1.82) is 0 Å². The van der Waals surface area contributed by atoms with Gasteiger partial charge in [0.05, 0.1) is 8.40 Å². The molecular formula is C11H11IN2OS2. The van der Waals surface area contributed by atoms with Crippen LogP contribution in [-0.4, -0.2) is 27.6 Å². The van der Waals surface area contributed by atoms with Gasteiger partial charge >= 0.3 is 0 Å². The van der Waals surface area contributed by atoms with Crippen LogP contribution in [-0.2, 0) is 0 Å². The normalized spacial score (nSPS) is 17.5. The standard InChI is InChI=1S/C11H11IN2OS2/c12-9-5-8-10(17-9)11(14-6-13-8)15-7-1-3-16-4-2-7/h5-7H,1-4H2. The van der Waals surface area contributed by atoms with Gasteiger partial charge in [0.25, 0.3) is 0 Å². The van der Waals surface area contributed by atoms with Crippen molar-refractivity contribution in [3.05, 3.63) is 15.3 Å². The molecule has 0 amide bonds. The van der Waals surface area contributed by atoms with Crippen molar-refractivity contribution in [3.8, 4) is 5.88 Å². The maximum Gasteiger partial charge on any atom is 0.235 e. The molecule has 3 rings (SSSR count). The van der Waals surface area contributed by atoms with Gasteiger partial charge in [0.1, 0.15) is 17.1 Å². The highest BCUT2D eigenvalue weighted by Gasteiger charge is 2.18. The van der Waals surface area contributed by atoms with E-state index in [1.54, 1.807) is 17.7 Å². The molecule has 0 bridgehead atoms. The molecule has 2 aromatic rings. The average molecular weight is 378 g/mol. The monoisotopic (exact) mass is 378 g/mol. The topological polar surface area (TPSA) is 35.0 Å². The molecule has 0 saturated carbocycles. The Morgan fingerprint density at radius 3 is 2.94 bits per heavy atom. The molecule has 0 aromatic carbocycles. The fraction of sp³-hybridized carbons (Fsp3) is 0.455. The minimum absolute atomic E-state index is 0.328. The van der Waals surface area contributed by atoms with Gasteiger partial charge in [-0.05, 0) is 53.0 Å². The minimum Gasteiger partial charge on any atom is -0.473 e. The number of hydrogen-bond acceptors (Lipinski definition) is 5. The Morgan fingerprint density at radius 2 is 2.12 bits per heavy atom. The van der Waals surface area contributed by atoms with Gasteiger partial charge in [0, 0.05) is 0 Å². The Hall–Kier alpha value is -0.0800. The molecule has 1 aliphatic heterocycles. The summed E-state index contributed by atoms with van der Waals surface area (Å²) in [6, 6.07) is 2.08. The van der Waals surface area contributed by atoms with E-state index in [0.29, 0.717) is 6.10 Å². The lowest BCUT2D eigenvalue weighted by molar-refractivity contribution is 0.187. The van der Waals surface area contributed by atoms with E-state index in [2.05, 4.69) is 38.6 Å². The van der Waals surface area contributed by atoms with E-state index >= 15 is 0 Å². The molecular weight excluding hydrogens is 367 g/mol. The van der Waals surface area contributed by atoms with E-state index in [0.717, 1.165) is 28.9 Å². The van der Waals surface area contributed by atoms with Gasteiger partial charge in [0.2, 0.25) is 5.88 Å². The third kappa shape index (κ3) is 2.68. The molecule has 90 valence electrons. The summed E-state index contributed by atoms with van der Waals surface area (Å²) in [5.41, 5.74) is 0.995. The van der Waals surface area contributed by atoms with Crippen LogP contribution in [0.15, 0.2) is 12.4 Å². The van der Waals surface area contributed by atoms with Crippen molar-refractivity contribution in [2.24, 2.45) is 0 Å². The van der Waals surface area contributed by atoms with Crippen molar-refractivity contribution in [1.82, 2.24) is 9.97 Å². The maximum absolute atomic E-state index is 6.02. The van der Waals surface area contributed by atoms with Crippen LogP contribution in [0.25, 0.3) is 10.2 Å². The van der Waals surface area contributed by atoms with Crippen LogP contribution >= 0.6 is 45.7 Å². The predicted molar refractivity (Wildman–Crippen MR) is 81.1 cm³/mol. The van der Waals surface area contributed by atoms with E-state index in [1.165, 1.54) is 14.4 Å². The van der Waals surface area contributed by atoms with Crippen LogP contribution < -0.4 is 4.74 Å².